The molecule has 0 spiro atoms. The summed E-state index contributed by atoms with van der Waals surface area (Å²) >= 11 is 0. The fourth-order valence-corrected chi connectivity index (χ4v) is 4.05. The molecule has 2 heterocycles. The van der Waals surface area contributed by atoms with E-state index >= 15 is 0 Å². The molecule has 1 N–H and O–H groups in total. The van der Waals surface area contributed by atoms with Crippen LogP contribution < -0.4 is 5.32 Å². The van der Waals surface area contributed by atoms with Gasteiger partial charge in [-0.1, -0.05) is 12.1 Å². The molecule has 0 saturated carbocycles. The Labute approximate surface area is 168 Å². The molecular weight excluding hydrogens is 354 g/mol. The van der Waals surface area contributed by atoms with Gasteiger partial charge in [-0.3, -0.25) is 4.79 Å². The summed E-state index contributed by atoms with van der Waals surface area (Å²) < 4.78 is 5.42. The first-order chi connectivity index (χ1) is 13.2. The number of ether oxygens (including phenoxy) is 1. The summed E-state index contributed by atoms with van der Waals surface area (Å²) in [5.41, 5.74) is 1.76. The summed E-state index contributed by atoms with van der Waals surface area (Å²) in [5, 5.41) is 2.87. The Morgan fingerprint density at radius 3 is 2.46 bits per heavy atom. The summed E-state index contributed by atoms with van der Waals surface area (Å²) in [5.74, 6) is 1.06. The standard InChI is InChI=1S/C22H33N3O3/c1-16(26)23-20-7-5-6-19(12-20)18-8-10-24(11-9-18)13-17-14-25(15-17)21(27)28-22(2,3)4/h5-7,12,17-18H,8-11,13-15H2,1-4H3,(H,23,26). The van der Waals surface area contributed by atoms with Gasteiger partial charge in [0.2, 0.25) is 5.91 Å². The first-order valence-corrected chi connectivity index (χ1v) is 10.3. The normalized spacial score (nSPS) is 19.2. The van der Waals surface area contributed by atoms with Crippen LogP contribution in [0.2, 0.25) is 0 Å². The Bertz CT molecular complexity index is 699. The number of rotatable bonds is 4. The average molecular weight is 388 g/mol. The highest BCUT2D eigenvalue weighted by Crippen LogP contribution is 2.30. The largest absolute Gasteiger partial charge is 0.444 e. The molecule has 28 heavy (non-hydrogen) atoms. The van der Waals surface area contributed by atoms with E-state index in [1.807, 2.05) is 32.9 Å². The van der Waals surface area contributed by atoms with Crippen LogP contribution in [0, 0.1) is 5.92 Å². The lowest BCUT2D eigenvalue weighted by Crippen LogP contribution is -2.55. The van der Waals surface area contributed by atoms with Gasteiger partial charge in [0.05, 0.1) is 0 Å². The van der Waals surface area contributed by atoms with Crippen molar-refractivity contribution in [2.45, 2.75) is 52.1 Å². The molecule has 2 saturated heterocycles. The molecule has 2 aliphatic heterocycles. The lowest BCUT2D eigenvalue weighted by Gasteiger charge is -2.43. The maximum Gasteiger partial charge on any atom is 0.410 e. The average Bonchev–Trinajstić information content (AvgIpc) is 2.56. The molecule has 3 rings (SSSR count). The third-order valence-electron chi connectivity index (χ3n) is 5.39. The molecule has 154 valence electrons. The van der Waals surface area contributed by atoms with E-state index in [0.717, 1.165) is 51.3 Å². The zero-order valence-electron chi connectivity index (χ0n) is 17.5. The molecule has 2 fully saturated rings. The quantitative estimate of drug-likeness (QED) is 0.856. The van der Waals surface area contributed by atoms with Gasteiger partial charge in [0, 0.05) is 38.2 Å². The number of carbonyl (C=O) groups is 2. The van der Waals surface area contributed by atoms with Crippen molar-refractivity contribution in [3.8, 4) is 0 Å². The molecule has 2 amide bonds. The number of nitrogens with one attached hydrogen (secondary N) is 1. The van der Waals surface area contributed by atoms with E-state index in [2.05, 4.69) is 22.3 Å². The first kappa shape index (κ1) is 20.6. The van der Waals surface area contributed by atoms with Crippen molar-refractivity contribution in [1.29, 1.82) is 0 Å². The molecule has 0 aromatic heterocycles. The highest BCUT2D eigenvalue weighted by atomic mass is 16.6. The van der Waals surface area contributed by atoms with E-state index in [1.165, 1.54) is 12.5 Å². The Kier molecular flexibility index (Phi) is 6.28. The van der Waals surface area contributed by atoms with Crippen molar-refractivity contribution in [3.63, 3.8) is 0 Å². The van der Waals surface area contributed by atoms with E-state index in [1.54, 1.807) is 4.90 Å². The molecule has 1 aromatic carbocycles. The fraction of sp³-hybridized carbons (Fsp3) is 0.636. The number of piperidine rings is 1. The van der Waals surface area contributed by atoms with Crippen LogP contribution in [0.5, 0.6) is 0 Å². The number of likely N-dealkylation sites (tertiary alicyclic amines) is 2. The van der Waals surface area contributed by atoms with Crippen LogP contribution in [-0.2, 0) is 9.53 Å². The monoisotopic (exact) mass is 387 g/mol. The van der Waals surface area contributed by atoms with Crippen LogP contribution in [0.15, 0.2) is 24.3 Å². The Hall–Kier alpha value is -2.08. The van der Waals surface area contributed by atoms with E-state index in [4.69, 9.17) is 4.74 Å². The van der Waals surface area contributed by atoms with Crippen molar-refractivity contribution in [2.75, 3.05) is 38.0 Å². The lowest BCUT2D eigenvalue weighted by molar-refractivity contribution is -0.114. The van der Waals surface area contributed by atoms with Gasteiger partial charge in [-0.05, 0) is 70.3 Å². The van der Waals surface area contributed by atoms with E-state index in [-0.39, 0.29) is 12.0 Å². The second-order valence-electron chi connectivity index (χ2n) is 9.13. The highest BCUT2D eigenvalue weighted by molar-refractivity contribution is 5.88. The number of nitrogens with zero attached hydrogens (tertiary/aromatic N) is 2. The molecule has 0 unspecified atom stereocenters. The van der Waals surface area contributed by atoms with Crippen molar-refractivity contribution in [1.82, 2.24) is 9.80 Å². The molecule has 0 atom stereocenters. The first-order valence-electron chi connectivity index (χ1n) is 10.3. The van der Waals surface area contributed by atoms with E-state index < -0.39 is 5.60 Å². The Morgan fingerprint density at radius 2 is 1.86 bits per heavy atom. The third-order valence-corrected chi connectivity index (χ3v) is 5.39. The van der Waals surface area contributed by atoms with Crippen molar-refractivity contribution in [2.24, 2.45) is 5.92 Å². The molecule has 0 aliphatic carbocycles. The SMILES string of the molecule is CC(=O)Nc1cccc(C2CCN(CC3CN(C(=O)OC(C)(C)C)C3)CC2)c1. The predicted octanol–water partition coefficient (Wildman–Crippen LogP) is 3.69. The topological polar surface area (TPSA) is 61.9 Å². The van der Waals surface area contributed by atoms with Crippen LogP contribution in [0.1, 0.15) is 52.0 Å². The number of benzene rings is 1. The molecule has 6 nitrogen and oxygen atoms in total. The summed E-state index contributed by atoms with van der Waals surface area (Å²) in [6.07, 6.45) is 2.07. The predicted molar refractivity (Wildman–Crippen MR) is 110 cm³/mol. The van der Waals surface area contributed by atoms with Crippen LogP contribution in [0.4, 0.5) is 10.5 Å². The smallest absolute Gasteiger partial charge is 0.410 e. The van der Waals surface area contributed by atoms with Gasteiger partial charge in [-0.25, -0.2) is 4.79 Å². The van der Waals surface area contributed by atoms with Crippen LogP contribution >= 0.6 is 0 Å². The summed E-state index contributed by atoms with van der Waals surface area (Å²) in [4.78, 5) is 27.6. The minimum atomic E-state index is -0.429. The van der Waals surface area contributed by atoms with Crippen LogP contribution in [-0.4, -0.2) is 60.1 Å². The fourth-order valence-electron chi connectivity index (χ4n) is 4.05. The maximum absolute atomic E-state index is 12.0. The second kappa shape index (κ2) is 8.52. The molecule has 2 aliphatic rings. The number of amides is 2. The zero-order chi connectivity index (χ0) is 20.3. The van der Waals surface area contributed by atoms with Gasteiger partial charge < -0.3 is 19.9 Å². The third kappa shape index (κ3) is 5.71. The highest BCUT2D eigenvalue weighted by Gasteiger charge is 2.35. The number of anilines is 1. The summed E-state index contributed by atoms with van der Waals surface area (Å²) in [6.45, 7) is 12.1. The van der Waals surface area contributed by atoms with Gasteiger partial charge in [-0.15, -0.1) is 0 Å². The van der Waals surface area contributed by atoms with Crippen molar-refractivity contribution < 1.29 is 14.3 Å². The van der Waals surface area contributed by atoms with Gasteiger partial charge in [-0.2, -0.15) is 0 Å². The van der Waals surface area contributed by atoms with Gasteiger partial charge in [0.25, 0.3) is 0 Å². The number of hydrogen-bond acceptors (Lipinski definition) is 4. The zero-order valence-corrected chi connectivity index (χ0v) is 17.5. The molecule has 0 radical (unpaired) electrons. The molecule has 0 bridgehead atoms. The van der Waals surface area contributed by atoms with Gasteiger partial charge in [0.1, 0.15) is 5.60 Å². The molecule has 6 heteroatoms. The van der Waals surface area contributed by atoms with Crippen LogP contribution in [0.3, 0.4) is 0 Å². The molecular formula is C22H33N3O3. The summed E-state index contributed by atoms with van der Waals surface area (Å²) in [6, 6.07) is 8.22. The summed E-state index contributed by atoms with van der Waals surface area (Å²) in [7, 11) is 0. The number of hydrogen-bond donors (Lipinski definition) is 1. The minimum Gasteiger partial charge on any atom is -0.444 e. The minimum absolute atomic E-state index is 0.0344. The van der Waals surface area contributed by atoms with Gasteiger partial charge in [0.15, 0.2) is 0 Å². The molecule has 1 aromatic rings. The lowest BCUT2D eigenvalue weighted by atomic mass is 9.88. The van der Waals surface area contributed by atoms with E-state index in [0.29, 0.717) is 11.8 Å². The van der Waals surface area contributed by atoms with E-state index in [9.17, 15) is 9.59 Å². The Balaban J connectivity index is 1.41. The Morgan fingerprint density at radius 1 is 1.18 bits per heavy atom. The second-order valence-corrected chi connectivity index (χ2v) is 9.13. The van der Waals surface area contributed by atoms with Crippen molar-refractivity contribution in [3.05, 3.63) is 29.8 Å². The van der Waals surface area contributed by atoms with Crippen molar-refractivity contribution >= 4 is 17.7 Å². The maximum atomic E-state index is 12.0. The number of carbonyl (C=O) groups excluding carboxylic acids is 2. The van der Waals surface area contributed by atoms with Gasteiger partial charge >= 0.3 is 6.09 Å². The van der Waals surface area contributed by atoms with Crippen LogP contribution in [0.25, 0.3) is 0 Å².